The Balaban J connectivity index is 1.34. The zero-order valence-electron chi connectivity index (χ0n) is 14.3. The first kappa shape index (κ1) is 16.2. The van der Waals surface area contributed by atoms with Crippen LogP contribution in [0.1, 0.15) is 16.6 Å². The van der Waals surface area contributed by atoms with Crippen LogP contribution >= 0.6 is 0 Å². The summed E-state index contributed by atoms with van der Waals surface area (Å²) in [6.07, 6.45) is 0.966. The zero-order chi connectivity index (χ0) is 18.2. The van der Waals surface area contributed by atoms with Crippen LogP contribution in [0.5, 0.6) is 0 Å². The van der Waals surface area contributed by atoms with E-state index in [1.807, 2.05) is 30.3 Å². The van der Waals surface area contributed by atoms with E-state index in [0.717, 1.165) is 5.56 Å². The number of carbonyl (C=O) groups excluding carboxylic acids is 1. The summed E-state index contributed by atoms with van der Waals surface area (Å²) in [6.45, 7) is 0.772. The number of hydrogen-bond donors (Lipinski definition) is 1. The van der Waals surface area contributed by atoms with Crippen LogP contribution in [-0.2, 0) is 9.47 Å². The number of amides is 1. The molecule has 27 heavy (non-hydrogen) atoms. The lowest BCUT2D eigenvalue weighted by atomic mass is 10.1. The number of nitrogens with zero attached hydrogens (tertiary/aromatic N) is 4. The second-order valence-electron chi connectivity index (χ2n) is 6.53. The Morgan fingerprint density at radius 2 is 1.93 bits per heavy atom. The molecule has 4 atom stereocenters. The predicted octanol–water partition coefficient (Wildman–Crippen LogP) is 1.07. The van der Waals surface area contributed by atoms with Crippen molar-refractivity contribution in [1.29, 1.82) is 0 Å². The molecule has 4 heterocycles. The Labute approximate surface area is 154 Å². The van der Waals surface area contributed by atoms with E-state index >= 15 is 0 Å². The number of fused-ring (bicyclic) bond motifs is 1. The van der Waals surface area contributed by atoms with Crippen molar-refractivity contribution in [3.63, 3.8) is 0 Å². The monoisotopic (exact) mass is 367 g/mol. The molecule has 2 fully saturated rings. The van der Waals surface area contributed by atoms with Gasteiger partial charge in [-0.15, -0.1) is 5.10 Å². The fourth-order valence-corrected chi connectivity index (χ4v) is 3.65. The summed E-state index contributed by atoms with van der Waals surface area (Å²) in [5, 5.41) is 15.1. The third-order valence-electron chi connectivity index (χ3n) is 4.93. The number of ether oxygens (including phenoxy) is 2. The molecule has 9 heteroatoms. The maximum Gasteiger partial charge on any atom is 0.287 e. The van der Waals surface area contributed by atoms with E-state index in [1.54, 1.807) is 16.8 Å². The molecule has 9 nitrogen and oxygen atoms in total. The molecule has 2 aromatic heterocycles. The van der Waals surface area contributed by atoms with Crippen molar-refractivity contribution in [2.24, 2.45) is 0 Å². The van der Waals surface area contributed by atoms with E-state index in [4.69, 9.17) is 13.9 Å². The van der Waals surface area contributed by atoms with Gasteiger partial charge in [0.2, 0.25) is 0 Å². The molecule has 0 saturated carbocycles. The van der Waals surface area contributed by atoms with Crippen LogP contribution in [0.15, 0.2) is 53.1 Å². The average Bonchev–Trinajstić information content (AvgIpc) is 3.47. The highest BCUT2D eigenvalue weighted by Crippen LogP contribution is 2.35. The van der Waals surface area contributed by atoms with Crippen molar-refractivity contribution in [2.75, 3.05) is 13.2 Å². The van der Waals surface area contributed by atoms with Crippen molar-refractivity contribution in [1.82, 2.24) is 25.5 Å². The summed E-state index contributed by atoms with van der Waals surface area (Å²) in [6, 6.07) is 12.6. The van der Waals surface area contributed by atoms with E-state index in [0.29, 0.717) is 19.0 Å². The van der Waals surface area contributed by atoms with Crippen molar-refractivity contribution < 1.29 is 18.7 Å². The summed E-state index contributed by atoms with van der Waals surface area (Å²) in [4.78, 5) is 12.2. The minimum Gasteiger partial charge on any atom is -0.459 e. The molecule has 3 aromatic rings. The molecule has 2 aliphatic rings. The van der Waals surface area contributed by atoms with E-state index in [9.17, 15) is 4.79 Å². The van der Waals surface area contributed by atoms with Crippen molar-refractivity contribution in [2.45, 2.75) is 24.3 Å². The third-order valence-corrected chi connectivity index (χ3v) is 4.93. The molecule has 0 unspecified atom stereocenters. The van der Waals surface area contributed by atoms with Gasteiger partial charge in [-0.1, -0.05) is 30.3 Å². The molecule has 0 bridgehead atoms. The van der Waals surface area contributed by atoms with Crippen LogP contribution in [0.2, 0.25) is 0 Å². The Hall–Kier alpha value is -3.04. The molecule has 2 aliphatic heterocycles. The zero-order valence-corrected chi connectivity index (χ0v) is 14.3. The number of tetrazole rings is 1. The largest absolute Gasteiger partial charge is 0.459 e. The van der Waals surface area contributed by atoms with Gasteiger partial charge < -0.3 is 19.2 Å². The Morgan fingerprint density at radius 1 is 1.07 bits per heavy atom. The summed E-state index contributed by atoms with van der Waals surface area (Å²) in [5.41, 5.74) is 0.923. The van der Waals surface area contributed by atoms with Gasteiger partial charge in [-0.3, -0.25) is 4.79 Å². The predicted molar refractivity (Wildman–Crippen MR) is 91.7 cm³/mol. The number of nitrogens with one attached hydrogen (secondary N) is 1. The molecule has 0 aliphatic carbocycles. The molecular formula is C18H17N5O4. The molecule has 0 radical (unpaired) electrons. The lowest BCUT2D eigenvalue weighted by molar-refractivity contribution is 0.0613. The Morgan fingerprint density at radius 3 is 2.74 bits per heavy atom. The molecule has 1 amide bonds. The summed E-state index contributed by atoms with van der Waals surface area (Å²) < 4.78 is 18.8. The minimum atomic E-state index is -0.284. The van der Waals surface area contributed by atoms with Crippen LogP contribution in [0.3, 0.4) is 0 Å². The Bertz CT molecular complexity index is 926. The highest BCUT2D eigenvalue weighted by molar-refractivity contribution is 5.91. The van der Waals surface area contributed by atoms with Gasteiger partial charge in [0.15, 0.2) is 11.6 Å². The van der Waals surface area contributed by atoms with Crippen LogP contribution in [0, 0.1) is 0 Å². The second-order valence-corrected chi connectivity index (χ2v) is 6.53. The first-order valence-electron chi connectivity index (χ1n) is 8.72. The molecule has 0 spiro atoms. The second kappa shape index (κ2) is 6.60. The van der Waals surface area contributed by atoms with Crippen molar-refractivity contribution >= 4 is 5.91 Å². The first-order chi connectivity index (χ1) is 13.3. The van der Waals surface area contributed by atoms with Gasteiger partial charge in [0, 0.05) is 5.56 Å². The number of furan rings is 1. The topological polar surface area (TPSA) is 104 Å². The van der Waals surface area contributed by atoms with Gasteiger partial charge >= 0.3 is 0 Å². The fraction of sp³-hybridized carbons (Fsp3) is 0.333. The standard InChI is InChI=1S/C18H17N5O4/c24-18(14-7-4-8-25-14)19-12-9-26-16-13(10-27-15(12)16)23-17(20-21-22-23)11-5-2-1-3-6-11/h1-8,12-13,15-16H,9-10H2,(H,19,24)/t12-,13+,15-,16+/m0/s1. The number of aromatic nitrogens is 4. The first-order valence-corrected chi connectivity index (χ1v) is 8.72. The maximum atomic E-state index is 12.2. The number of carbonyl (C=O) groups is 1. The van der Waals surface area contributed by atoms with Crippen LogP contribution in [0.25, 0.3) is 11.4 Å². The summed E-state index contributed by atoms with van der Waals surface area (Å²) in [5.74, 6) is 0.644. The molecular weight excluding hydrogens is 350 g/mol. The maximum absolute atomic E-state index is 12.2. The normalized spacial score (nSPS) is 26.8. The van der Waals surface area contributed by atoms with Gasteiger partial charge in [-0.05, 0) is 22.6 Å². The molecule has 1 N–H and O–H groups in total. The van der Waals surface area contributed by atoms with E-state index < -0.39 is 0 Å². The highest BCUT2D eigenvalue weighted by atomic mass is 16.6. The lowest BCUT2D eigenvalue weighted by Gasteiger charge is -2.18. The SMILES string of the molecule is O=C(N[C@H]1CO[C@H]2[C@H]1OC[C@H]2n1nnnc1-c1ccccc1)c1ccco1. The smallest absolute Gasteiger partial charge is 0.287 e. The summed E-state index contributed by atoms with van der Waals surface area (Å²) in [7, 11) is 0. The number of benzene rings is 1. The van der Waals surface area contributed by atoms with Gasteiger partial charge in [0.05, 0.1) is 25.5 Å². The minimum absolute atomic E-state index is 0.161. The lowest BCUT2D eigenvalue weighted by Crippen LogP contribution is -2.44. The quantitative estimate of drug-likeness (QED) is 0.735. The average molecular weight is 367 g/mol. The van der Waals surface area contributed by atoms with Gasteiger partial charge in [0.1, 0.15) is 18.2 Å². The van der Waals surface area contributed by atoms with Crippen LogP contribution < -0.4 is 5.32 Å². The molecule has 2 saturated heterocycles. The van der Waals surface area contributed by atoms with E-state index in [1.165, 1.54) is 6.26 Å². The fourth-order valence-electron chi connectivity index (χ4n) is 3.65. The Kier molecular flexibility index (Phi) is 3.95. The van der Waals surface area contributed by atoms with Gasteiger partial charge in [-0.25, -0.2) is 4.68 Å². The van der Waals surface area contributed by atoms with E-state index in [-0.39, 0.29) is 36.0 Å². The van der Waals surface area contributed by atoms with E-state index in [2.05, 4.69) is 20.8 Å². The summed E-state index contributed by atoms with van der Waals surface area (Å²) >= 11 is 0. The van der Waals surface area contributed by atoms with Gasteiger partial charge in [-0.2, -0.15) is 0 Å². The number of rotatable bonds is 4. The van der Waals surface area contributed by atoms with Gasteiger partial charge in [0.25, 0.3) is 5.91 Å². The van der Waals surface area contributed by atoms with Crippen molar-refractivity contribution in [3.05, 3.63) is 54.5 Å². The van der Waals surface area contributed by atoms with Crippen LogP contribution in [0.4, 0.5) is 0 Å². The van der Waals surface area contributed by atoms with Crippen LogP contribution in [-0.4, -0.2) is 57.6 Å². The molecule has 5 rings (SSSR count). The third kappa shape index (κ3) is 2.81. The highest BCUT2D eigenvalue weighted by Gasteiger charge is 2.50. The molecule has 1 aromatic carbocycles. The number of hydrogen-bond acceptors (Lipinski definition) is 7. The molecule has 138 valence electrons. The van der Waals surface area contributed by atoms with Crippen molar-refractivity contribution in [3.8, 4) is 11.4 Å².